The first kappa shape index (κ1) is 10.3. The van der Waals surface area contributed by atoms with Gasteiger partial charge < -0.3 is 15.3 Å². The van der Waals surface area contributed by atoms with E-state index in [1.54, 1.807) is 14.1 Å². The first-order chi connectivity index (χ1) is 6.50. The smallest absolute Gasteiger partial charge is 0.321 e. The number of urea groups is 1. The summed E-state index contributed by atoms with van der Waals surface area (Å²) >= 11 is 0. The number of halogens is 1. The zero-order chi connectivity index (χ0) is 10.7. The summed E-state index contributed by atoms with van der Waals surface area (Å²) in [4.78, 5) is 12.4. The molecule has 0 saturated carbocycles. The van der Waals surface area contributed by atoms with Crippen LogP contribution in [0, 0.1) is 5.82 Å². The summed E-state index contributed by atoms with van der Waals surface area (Å²) in [6.07, 6.45) is 0. The molecule has 1 aromatic rings. The Bertz CT molecular complexity index is 353. The molecule has 0 radical (unpaired) electrons. The van der Waals surface area contributed by atoms with Gasteiger partial charge in [-0.15, -0.1) is 0 Å². The van der Waals surface area contributed by atoms with Gasteiger partial charge in [-0.05, 0) is 12.1 Å². The molecule has 0 fully saturated rings. The molecule has 0 aliphatic carbocycles. The first-order valence-electron chi connectivity index (χ1n) is 3.97. The van der Waals surface area contributed by atoms with Crippen molar-refractivity contribution in [3.8, 4) is 5.75 Å². The van der Waals surface area contributed by atoms with Crippen molar-refractivity contribution < 1.29 is 14.3 Å². The molecule has 0 aromatic heterocycles. The van der Waals surface area contributed by atoms with E-state index in [0.29, 0.717) is 0 Å². The second kappa shape index (κ2) is 3.95. The minimum Gasteiger partial charge on any atom is -0.508 e. The highest BCUT2D eigenvalue weighted by Gasteiger charge is 2.08. The van der Waals surface area contributed by atoms with Gasteiger partial charge in [0.15, 0.2) is 0 Å². The summed E-state index contributed by atoms with van der Waals surface area (Å²) in [6, 6.07) is 3.11. The minimum atomic E-state index is -0.666. The Labute approximate surface area is 81.0 Å². The number of amides is 2. The number of aromatic hydroxyl groups is 1. The Balaban J connectivity index is 2.82. The highest BCUT2D eigenvalue weighted by Crippen LogP contribution is 2.19. The maximum absolute atomic E-state index is 13.1. The third-order valence-electron chi connectivity index (χ3n) is 1.60. The number of nitrogens with zero attached hydrogens (tertiary/aromatic N) is 1. The average molecular weight is 198 g/mol. The lowest BCUT2D eigenvalue weighted by molar-refractivity contribution is 0.230. The van der Waals surface area contributed by atoms with Crippen LogP contribution in [0.4, 0.5) is 14.9 Å². The average Bonchev–Trinajstić information content (AvgIpc) is 2.09. The second-order valence-corrected chi connectivity index (χ2v) is 2.99. The van der Waals surface area contributed by atoms with Crippen LogP contribution in [0.25, 0.3) is 0 Å². The standard InChI is InChI=1S/C9H11FN2O2/c1-12(2)9(14)11-8-4-3-6(13)5-7(8)10/h3-5,13H,1-2H3,(H,11,14). The summed E-state index contributed by atoms with van der Waals surface area (Å²) in [5.41, 5.74) is 0.0431. The third-order valence-corrected chi connectivity index (χ3v) is 1.60. The molecule has 0 saturated heterocycles. The number of hydrogen-bond donors (Lipinski definition) is 2. The fraction of sp³-hybridized carbons (Fsp3) is 0.222. The van der Waals surface area contributed by atoms with E-state index >= 15 is 0 Å². The van der Waals surface area contributed by atoms with Crippen LogP contribution < -0.4 is 5.32 Å². The van der Waals surface area contributed by atoms with Crippen LogP contribution in [0.5, 0.6) is 5.75 Å². The van der Waals surface area contributed by atoms with Gasteiger partial charge in [0.1, 0.15) is 11.6 Å². The molecular weight excluding hydrogens is 187 g/mol. The molecule has 14 heavy (non-hydrogen) atoms. The SMILES string of the molecule is CN(C)C(=O)Nc1ccc(O)cc1F. The van der Waals surface area contributed by atoms with Crippen molar-refractivity contribution in [3.63, 3.8) is 0 Å². The minimum absolute atomic E-state index is 0.0431. The van der Waals surface area contributed by atoms with Crippen LogP contribution >= 0.6 is 0 Å². The van der Waals surface area contributed by atoms with Crippen LogP contribution in [-0.4, -0.2) is 30.1 Å². The quantitative estimate of drug-likeness (QED) is 0.674. The van der Waals surface area contributed by atoms with Gasteiger partial charge in [0.05, 0.1) is 5.69 Å². The number of anilines is 1. The Hall–Kier alpha value is -1.78. The van der Waals surface area contributed by atoms with Gasteiger partial charge in [-0.2, -0.15) is 0 Å². The molecule has 0 spiro atoms. The van der Waals surface area contributed by atoms with E-state index in [-0.39, 0.29) is 11.4 Å². The van der Waals surface area contributed by atoms with Gasteiger partial charge >= 0.3 is 6.03 Å². The van der Waals surface area contributed by atoms with E-state index < -0.39 is 11.8 Å². The molecule has 5 heteroatoms. The number of hydrogen-bond acceptors (Lipinski definition) is 2. The fourth-order valence-corrected chi connectivity index (χ4v) is 0.832. The lowest BCUT2D eigenvalue weighted by atomic mass is 10.3. The molecule has 76 valence electrons. The van der Waals surface area contributed by atoms with E-state index in [4.69, 9.17) is 5.11 Å². The summed E-state index contributed by atoms with van der Waals surface area (Å²) in [5, 5.41) is 11.3. The number of phenols is 1. The number of rotatable bonds is 1. The monoisotopic (exact) mass is 198 g/mol. The van der Waals surface area contributed by atoms with Crippen LogP contribution in [0.1, 0.15) is 0 Å². The molecule has 0 unspecified atom stereocenters. The molecule has 0 bridgehead atoms. The number of phenolic OH excluding ortho intramolecular Hbond substituents is 1. The summed E-state index contributed by atoms with van der Waals surface area (Å²) in [6.45, 7) is 0. The van der Waals surface area contributed by atoms with Crippen molar-refractivity contribution in [2.75, 3.05) is 19.4 Å². The third kappa shape index (κ3) is 2.35. The molecule has 1 aromatic carbocycles. The van der Waals surface area contributed by atoms with Gasteiger partial charge in [0.25, 0.3) is 0 Å². The summed E-state index contributed by atoms with van der Waals surface area (Å²) in [7, 11) is 3.10. The number of benzene rings is 1. The van der Waals surface area contributed by atoms with E-state index in [1.807, 2.05) is 0 Å². The normalized spacial score (nSPS) is 9.64. The van der Waals surface area contributed by atoms with Crippen LogP contribution in [0.2, 0.25) is 0 Å². The molecule has 0 aliphatic rings. The molecule has 0 heterocycles. The number of carbonyl (C=O) groups is 1. The Morgan fingerprint density at radius 2 is 2.14 bits per heavy atom. The predicted octanol–water partition coefficient (Wildman–Crippen LogP) is 1.62. The zero-order valence-corrected chi connectivity index (χ0v) is 7.91. The summed E-state index contributed by atoms with van der Waals surface area (Å²) in [5.74, 6) is -0.842. The van der Waals surface area contributed by atoms with E-state index in [9.17, 15) is 9.18 Å². The second-order valence-electron chi connectivity index (χ2n) is 2.99. The topological polar surface area (TPSA) is 52.6 Å². The number of nitrogens with one attached hydrogen (secondary N) is 1. The van der Waals surface area contributed by atoms with E-state index in [1.165, 1.54) is 17.0 Å². The molecule has 2 amide bonds. The van der Waals surface area contributed by atoms with Crippen molar-refractivity contribution in [2.24, 2.45) is 0 Å². The van der Waals surface area contributed by atoms with E-state index in [2.05, 4.69) is 5.32 Å². The lowest BCUT2D eigenvalue weighted by Gasteiger charge is -2.12. The maximum atomic E-state index is 13.1. The van der Waals surface area contributed by atoms with Gasteiger partial charge in [0.2, 0.25) is 0 Å². The van der Waals surface area contributed by atoms with Crippen LogP contribution in [0.15, 0.2) is 18.2 Å². The predicted molar refractivity (Wildman–Crippen MR) is 50.8 cm³/mol. The van der Waals surface area contributed by atoms with Crippen molar-refractivity contribution >= 4 is 11.7 Å². The largest absolute Gasteiger partial charge is 0.508 e. The Morgan fingerprint density at radius 1 is 1.50 bits per heavy atom. The zero-order valence-electron chi connectivity index (χ0n) is 7.91. The van der Waals surface area contributed by atoms with E-state index in [0.717, 1.165) is 6.07 Å². The lowest BCUT2D eigenvalue weighted by Crippen LogP contribution is -2.27. The molecule has 2 N–H and O–H groups in total. The highest BCUT2D eigenvalue weighted by molar-refractivity contribution is 5.89. The molecule has 0 aliphatic heterocycles. The molecule has 4 nitrogen and oxygen atoms in total. The Kier molecular flexibility index (Phi) is 2.91. The fourth-order valence-electron chi connectivity index (χ4n) is 0.832. The van der Waals surface area contributed by atoms with Gasteiger partial charge in [-0.25, -0.2) is 9.18 Å². The Morgan fingerprint density at radius 3 is 2.64 bits per heavy atom. The van der Waals surface area contributed by atoms with Gasteiger partial charge in [-0.1, -0.05) is 0 Å². The van der Waals surface area contributed by atoms with Gasteiger partial charge in [-0.3, -0.25) is 0 Å². The van der Waals surface area contributed by atoms with Crippen LogP contribution in [-0.2, 0) is 0 Å². The number of carbonyl (C=O) groups excluding carboxylic acids is 1. The van der Waals surface area contributed by atoms with Crippen LogP contribution in [0.3, 0.4) is 0 Å². The van der Waals surface area contributed by atoms with Crippen molar-refractivity contribution in [3.05, 3.63) is 24.0 Å². The van der Waals surface area contributed by atoms with Crippen molar-refractivity contribution in [1.29, 1.82) is 0 Å². The molecule has 1 rings (SSSR count). The van der Waals surface area contributed by atoms with Crippen molar-refractivity contribution in [2.45, 2.75) is 0 Å². The first-order valence-corrected chi connectivity index (χ1v) is 3.97. The van der Waals surface area contributed by atoms with Gasteiger partial charge in [0, 0.05) is 20.2 Å². The highest BCUT2D eigenvalue weighted by atomic mass is 19.1. The molecular formula is C9H11FN2O2. The summed E-state index contributed by atoms with van der Waals surface area (Å²) < 4.78 is 13.1. The maximum Gasteiger partial charge on any atom is 0.321 e. The molecule has 0 atom stereocenters. The van der Waals surface area contributed by atoms with Crippen molar-refractivity contribution in [1.82, 2.24) is 4.90 Å².